The van der Waals surface area contributed by atoms with Gasteiger partial charge in [0.25, 0.3) is 0 Å². The number of benzene rings is 2. The van der Waals surface area contributed by atoms with Crippen LogP contribution in [0.5, 0.6) is 5.75 Å². The number of sulfonamides is 1. The SMILES string of the molecule is C#CCOc1ccc(Nc2nc(Nc3ccc(C)c(S([NH-])(=O)=O)c3)ncc2F)cc1.C[N+](C)(C)CCO. The smallest absolute Gasteiger partial charge is 0.229 e. The molecule has 0 aliphatic heterocycles. The lowest BCUT2D eigenvalue weighted by atomic mass is 10.2. The maximum Gasteiger partial charge on any atom is 0.229 e. The lowest BCUT2D eigenvalue weighted by molar-refractivity contribution is -0.870. The molecule has 1 heterocycles. The summed E-state index contributed by atoms with van der Waals surface area (Å²) in [5.74, 6) is 2.23. The average molecular weight is 531 g/mol. The molecule has 3 rings (SSSR count). The van der Waals surface area contributed by atoms with Gasteiger partial charge < -0.3 is 30.1 Å². The van der Waals surface area contributed by atoms with E-state index in [9.17, 15) is 12.8 Å². The van der Waals surface area contributed by atoms with E-state index in [2.05, 4.69) is 47.7 Å². The Hall–Kier alpha value is -3.76. The fourth-order valence-corrected chi connectivity index (χ4v) is 3.58. The fraction of sp³-hybridized carbons (Fsp3) is 0.280. The molecule has 4 N–H and O–H groups in total. The topological polar surface area (TPSA) is 137 Å². The van der Waals surface area contributed by atoms with Crippen LogP contribution in [-0.4, -0.2) is 68.9 Å². The summed E-state index contributed by atoms with van der Waals surface area (Å²) in [4.78, 5) is 7.81. The maximum absolute atomic E-state index is 14.1. The summed E-state index contributed by atoms with van der Waals surface area (Å²) < 4.78 is 43.4. The fourth-order valence-electron chi connectivity index (χ4n) is 2.81. The van der Waals surface area contributed by atoms with Crippen molar-refractivity contribution in [1.29, 1.82) is 0 Å². The molecular formula is C25H31FN6O4S. The molecule has 0 aliphatic carbocycles. The van der Waals surface area contributed by atoms with Crippen LogP contribution in [0.1, 0.15) is 5.56 Å². The number of aliphatic hydroxyl groups excluding tert-OH is 1. The molecule has 0 aliphatic rings. The molecule has 0 radical (unpaired) electrons. The predicted molar refractivity (Wildman–Crippen MR) is 142 cm³/mol. The molecule has 0 unspecified atom stereocenters. The first-order valence-corrected chi connectivity index (χ1v) is 12.5. The van der Waals surface area contributed by atoms with Crippen LogP contribution in [-0.2, 0) is 10.0 Å². The van der Waals surface area contributed by atoms with Gasteiger partial charge in [-0.1, -0.05) is 12.0 Å². The molecule has 0 atom stereocenters. The number of hydrogen-bond acceptors (Lipinski definition) is 8. The van der Waals surface area contributed by atoms with Crippen molar-refractivity contribution in [3.8, 4) is 18.1 Å². The van der Waals surface area contributed by atoms with E-state index in [4.69, 9.17) is 21.4 Å². The summed E-state index contributed by atoms with van der Waals surface area (Å²) >= 11 is 0. The summed E-state index contributed by atoms with van der Waals surface area (Å²) in [6, 6.07) is 11.2. The predicted octanol–water partition coefficient (Wildman–Crippen LogP) is 3.85. The van der Waals surface area contributed by atoms with Crippen LogP contribution in [0.3, 0.4) is 0 Å². The number of nitrogens with zero attached hydrogens (tertiary/aromatic N) is 3. The van der Waals surface area contributed by atoms with Crippen LogP contribution in [0, 0.1) is 25.1 Å². The lowest BCUT2D eigenvalue weighted by Crippen LogP contribution is -2.36. The number of rotatable bonds is 9. The van der Waals surface area contributed by atoms with Crippen molar-refractivity contribution in [2.24, 2.45) is 0 Å². The average Bonchev–Trinajstić information content (AvgIpc) is 2.81. The van der Waals surface area contributed by atoms with Crippen molar-refractivity contribution in [2.45, 2.75) is 11.8 Å². The number of ether oxygens (including phenoxy) is 1. The van der Waals surface area contributed by atoms with E-state index in [0.717, 1.165) is 17.2 Å². The number of halogens is 1. The standard InChI is InChI=1S/C20H17FN5O3S.C5H14NO/c1-3-10-29-16-8-6-14(7-9-16)24-19-17(21)12-23-20(26-19)25-15-5-4-13(2)18(11-15)30(22,27)28;1-6(2,3)4-5-7/h1,4-9,11-12H,10H2,2H3,(H3-,22,23,24,25,26,27,28);7H,4-5H2,1-3H3/q-1;+1. The highest BCUT2D eigenvalue weighted by Gasteiger charge is 2.11. The van der Waals surface area contributed by atoms with Crippen molar-refractivity contribution >= 4 is 33.2 Å². The van der Waals surface area contributed by atoms with E-state index >= 15 is 0 Å². The van der Waals surface area contributed by atoms with Crippen molar-refractivity contribution in [3.63, 3.8) is 0 Å². The Balaban J connectivity index is 0.000000604. The molecule has 0 spiro atoms. The Morgan fingerprint density at radius 1 is 1.14 bits per heavy atom. The Morgan fingerprint density at radius 2 is 1.78 bits per heavy atom. The van der Waals surface area contributed by atoms with E-state index in [1.54, 1.807) is 43.3 Å². The first-order valence-electron chi connectivity index (χ1n) is 11.1. The lowest BCUT2D eigenvalue weighted by Gasteiger charge is -2.21. The minimum Gasteiger partial charge on any atom is -0.560 e. The number of aryl methyl sites for hydroxylation is 1. The van der Waals surface area contributed by atoms with Gasteiger partial charge in [-0.25, -0.2) is 17.8 Å². The Bertz CT molecular complexity index is 1340. The summed E-state index contributed by atoms with van der Waals surface area (Å²) in [5, 5.41) is 21.3. The first kappa shape index (κ1) is 29.5. The minimum atomic E-state index is -4.14. The van der Waals surface area contributed by atoms with E-state index in [1.165, 1.54) is 6.07 Å². The second-order valence-electron chi connectivity index (χ2n) is 8.88. The number of aromatic nitrogens is 2. The summed E-state index contributed by atoms with van der Waals surface area (Å²) in [6.45, 7) is 2.85. The van der Waals surface area contributed by atoms with E-state index in [-0.39, 0.29) is 29.9 Å². The quantitative estimate of drug-likeness (QED) is 0.280. The zero-order valence-corrected chi connectivity index (χ0v) is 21.9. The number of aliphatic hydroxyl groups is 1. The Kier molecular flexibility index (Phi) is 10.3. The Morgan fingerprint density at radius 3 is 2.32 bits per heavy atom. The second-order valence-corrected chi connectivity index (χ2v) is 10.3. The number of terminal acetylenes is 1. The van der Waals surface area contributed by atoms with Gasteiger partial charge in [0.1, 0.15) is 18.9 Å². The number of anilines is 4. The van der Waals surface area contributed by atoms with Gasteiger partial charge in [-0.05, 0) is 48.9 Å². The maximum atomic E-state index is 14.1. The van der Waals surface area contributed by atoms with Gasteiger partial charge >= 0.3 is 0 Å². The van der Waals surface area contributed by atoms with Gasteiger partial charge in [0.2, 0.25) is 5.95 Å². The molecule has 0 amide bonds. The zero-order valence-electron chi connectivity index (χ0n) is 21.1. The highest BCUT2D eigenvalue weighted by molar-refractivity contribution is 7.93. The number of likely N-dealkylation sites (N-methyl/N-ethyl adjacent to an activating group) is 1. The van der Waals surface area contributed by atoms with E-state index in [0.29, 0.717) is 22.7 Å². The van der Waals surface area contributed by atoms with Gasteiger partial charge in [-0.2, -0.15) is 4.98 Å². The molecule has 0 saturated heterocycles. The van der Waals surface area contributed by atoms with Crippen LogP contribution < -0.4 is 15.4 Å². The number of nitrogens with one attached hydrogen (secondary N) is 3. The third-order valence-electron chi connectivity index (χ3n) is 4.69. The molecule has 198 valence electrons. The van der Waals surface area contributed by atoms with Gasteiger partial charge in [0.15, 0.2) is 11.6 Å². The largest absolute Gasteiger partial charge is 0.560 e. The normalized spacial score (nSPS) is 11.1. The third kappa shape index (κ3) is 10.0. The van der Waals surface area contributed by atoms with Gasteiger partial charge in [0.05, 0.1) is 48.9 Å². The van der Waals surface area contributed by atoms with E-state index < -0.39 is 15.8 Å². The molecular weight excluding hydrogens is 499 g/mol. The van der Waals surface area contributed by atoms with Crippen molar-refractivity contribution in [2.75, 3.05) is 51.5 Å². The molecule has 0 bridgehead atoms. The van der Waals surface area contributed by atoms with Crippen molar-refractivity contribution in [1.82, 2.24) is 9.97 Å². The monoisotopic (exact) mass is 530 g/mol. The summed E-state index contributed by atoms with van der Waals surface area (Å²) in [6.07, 6.45) is 6.13. The number of hydrogen-bond donors (Lipinski definition) is 3. The molecule has 1 aromatic heterocycles. The Labute approximate surface area is 217 Å². The minimum absolute atomic E-state index is 0.0463. The molecule has 0 fully saturated rings. The highest BCUT2D eigenvalue weighted by atomic mass is 32.2. The molecule has 0 saturated carbocycles. The van der Waals surface area contributed by atoms with Gasteiger partial charge in [0, 0.05) is 11.4 Å². The molecule has 12 heteroatoms. The summed E-state index contributed by atoms with van der Waals surface area (Å²) in [5.41, 5.74) is 1.34. The van der Waals surface area contributed by atoms with Crippen LogP contribution in [0.2, 0.25) is 0 Å². The first-order chi connectivity index (χ1) is 17.3. The molecule has 2 aromatic carbocycles. The van der Waals surface area contributed by atoms with E-state index in [1.807, 2.05) is 0 Å². The van der Waals surface area contributed by atoms with Crippen LogP contribution in [0.15, 0.2) is 53.6 Å². The summed E-state index contributed by atoms with van der Waals surface area (Å²) in [7, 11) is 2.02. The molecule has 10 nitrogen and oxygen atoms in total. The van der Waals surface area contributed by atoms with Gasteiger partial charge in [-0.3, -0.25) is 0 Å². The highest BCUT2D eigenvalue weighted by Crippen LogP contribution is 2.25. The van der Waals surface area contributed by atoms with Gasteiger partial charge in [-0.15, -0.1) is 6.42 Å². The van der Waals surface area contributed by atoms with Crippen molar-refractivity contribution < 1.29 is 27.1 Å². The number of quaternary nitrogens is 1. The zero-order chi connectivity index (χ0) is 27.6. The van der Waals surface area contributed by atoms with Crippen molar-refractivity contribution in [3.05, 3.63) is 65.2 Å². The van der Waals surface area contributed by atoms with Crippen LogP contribution >= 0.6 is 0 Å². The molecule has 3 aromatic rings. The molecule has 37 heavy (non-hydrogen) atoms. The van der Waals surface area contributed by atoms with Crippen LogP contribution in [0.25, 0.3) is 5.14 Å². The second kappa shape index (κ2) is 13.0. The third-order valence-corrected chi connectivity index (χ3v) is 5.71. The van der Waals surface area contributed by atoms with Crippen LogP contribution in [0.4, 0.5) is 27.5 Å².